The van der Waals surface area contributed by atoms with Gasteiger partial charge in [-0.25, -0.2) is 0 Å². The molecule has 0 bridgehead atoms. The van der Waals surface area contributed by atoms with Crippen LogP contribution in [0.2, 0.25) is 0 Å². The molecule has 0 saturated heterocycles. The molecular weight excluding hydrogens is 302 g/mol. The fraction of sp³-hybridized carbons (Fsp3) is 0.632. The largest absolute Gasteiger partial charge is 0.382 e. The van der Waals surface area contributed by atoms with Gasteiger partial charge in [-0.15, -0.1) is 0 Å². The molecule has 1 aliphatic rings. The molecule has 1 aliphatic carbocycles. The molecule has 5 N–H and O–H groups in total. The van der Waals surface area contributed by atoms with Gasteiger partial charge < -0.3 is 10.8 Å². The first-order chi connectivity index (χ1) is 11.4. The van der Waals surface area contributed by atoms with Crippen LogP contribution in [0.25, 0.3) is 0 Å². The highest BCUT2D eigenvalue weighted by Crippen LogP contribution is 2.27. The minimum Gasteiger partial charge on any atom is -0.382 e. The molecule has 1 amide bonds. The fourth-order valence-electron chi connectivity index (χ4n) is 3.71. The number of carbonyl (C=O) groups excluding carboxylic acids is 1. The summed E-state index contributed by atoms with van der Waals surface area (Å²) in [6, 6.07) is 3.58. The van der Waals surface area contributed by atoms with Crippen molar-refractivity contribution in [3.8, 4) is 0 Å². The van der Waals surface area contributed by atoms with Crippen LogP contribution >= 0.6 is 0 Å². The second-order valence-corrected chi connectivity index (χ2v) is 7.24. The van der Waals surface area contributed by atoms with Gasteiger partial charge in [0.2, 0.25) is 0 Å². The number of nitrogens with one attached hydrogen (secondary N) is 2. The summed E-state index contributed by atoms with van der Waals surface area (Å²) in [5.74, 6) is 0.0587. The minimum atomic E-state index is -1.19. The number of anilines is 1. The van der Waals surface area contributed by atoms with Crippen molar-refractivity contribution in [2.75, 3.05) is 5.43 Å². The smallest absolute Gasteiger partial charge is 0.268 e. The van der Waals surface area contributed by atoms with Gasteiger partial charge in [-0.1, -0.05) is 49.8 Å². The number of hydrazine groups is 1. The SMILES string of the molecule is Cc1cc(C)c(NNC(=O)C(O)C(N)CC2CCCCC2)c(C)c1. The number of aliphatic hydroxyl groups is 1. The third kappa shape index (κ3) is 4.95. The average molecular weight is 333 g/mol. The Kier molecular flexibility index (Phi) is 6.63. The molecule has 0 heterocycles. The van der Waals surface area contributed by atoms with Crippen LogP contribution in [0.3, 0.4) is 0 Å². The number of benzene rings is 1. The van der Waals surface area contributed by atoms with Crippen molar-refractivity contribution in [2.24, 2.45) is 11.7 Å². The Labute approximate surface area is 145 Å². The van der Waals surface area contributed by atoms with E-state index in [0.717, 1.165) is 29.7 Å². The van der Waals surface area contributed by atoms with Crippen molar-refractivity contribution in [2.45, 2.75) is 71.4 Å². The van der Waals surface area contributed by atoms with Crippen LogP contribution in [-0.2, 0) is 4.79 Å². The maximum Gasteiger partial charge on any atom is 0.268 e. The van der Waals surface area contributed by atoms with E-state index in [1.54, 1.807) is 0 Å². The fourth-order valence-corrected chi connectivity index (χ4v) is 3.71. The van der Waals surface area contributed by atoms with Crippen LogP contribution in [0.15, 0.2) is 12.1 Å². The molecule has 24 heavy (non-hydrogen) atoms. The Morgan fingerprint density at radius 2 is 1.79 bits per heavy atom. The summed E-state index contributed by atoms with van der Waals surface area (Å²) >= 11 is 0. The molecule has 0 spiro atoms. The van der Waals surface area contributed by atoms with Gasteiger partial charge in [-0.3, -0.25) is 15.6 Å². The average Bonchev–Trinajstić information content (AvgIpc) is 2.53. The number of amides is 1. The maximum absolute atomic E-state index is 12.2. The number of hydrogen-bond donors (Lipinski definition) is 4. The summed E-state index contributed by atoms with van der Waals surface area (Å²) in [5.41, 5.74) is 15.7. The molecule has 2 atom stereocenters. The van der Waals surface area contributed by atoms with E-state index >= 15 is 0 Å². The molecule has 2 unspecified atom stereocenters. The molecule has 2 rings (SSSR count). The normalized spacial score (nSPS) is 18.0. The molecule has 0 aliphatic heterocycles. The lowest BCUT2D eigenvalue weighted by atomic mass is 9.84. The van der Waals surface area contributed by atoms with Crippen molar-refractivity contribution >= 4 is 11.6 Å². The van der Waals surface area contributed by atoms with Gasteiger partial charge in [0.1, 0.15) is 6.10 Å². The van der Waals surface area contributed by atoms with Crippen LogP contribution in [0.1, 0.15) is 55.2 Å². The van der Waals surface area contributed by atoms with E-state index in [0.29, 0.717) is 12.3 Å². The van der Waals surface area contributed by atoms with Crippen molar-refractivity contribution < 1.29 is 9.90 Å². The van der Waals surface area contributed by atoms with Crippen LogP contribution in [0.4, 0.5) is 5.69 Å². The van der Waals surface area contributed by atoms with E-state index in [4.69, 9.17) is 5.73 Å². The van der Waals surface area contributed by atoms with E-state index in [1.165, 1.54) is 24.8 Å². The van der Waals surface area contributed by atoms with Crippen molar-refractivity contribution in [1.82, 2.24) is 5.43 Å². The third-order valence-corrected chi connectivity index (χ3v) is 4.99. The first kappa shape index (κ1) is 18.7. The van der Waals surface area contributed by atoms with Gasteiger partial charge in [-0.05, 0) is 44.2 Å². The predicted molar refractivity (Wildman–Crippen MR) is 97.6 cm³/mol. The van der Waals surface area contributed by atoms with Gasteiger partial charge in [0, 0.05) is 6.04 Å². The highest BCUT2D eigenvalue weighted by Gasteiger charge is 2.26. The molecule has 1 saturated carbocycles. The van der Waals surface area contributed by atoms with E-state index in [1.807, 2.05) is 32.9 Å². The Balaban J connectivity index is 1.87. The number of aliphatic hydroxyl groups excluding tert-OH is 1. The molecule has 0 aromatic heterocycles. The molecule has 5 heteroatoms. The Morgan fingerprint density at radius 3 is 2.38 bits per heavy atom. The number of rotatable bonds is 6. The maximum atomic E-state index is 12.2. The molecule has 1 aromatic rings. The van der Waals surface area contributed by atoms with Gasteiger partial charge in [0.25, 0.3) is 5.91 Å². The lowest BCUT2D eigenvalue weighted by molar-refractivity contribution is -0.130. The zero-order chi connectivity index (χ0) is 17.7. The number of hydrogen-bond acceptors (Lipinski definition) is 4. The molecule has 134 valence electrons. The van der Waals surface area contributed by atoms with Crippen LogP contribution < -0.4 is 16.6 Å². The van der Waals surface area contributed by atoms with Crippen molar-refractivity contribution in [3.63, 3.8) is 0 Å². The predicted octanol–water partition coefficient (Wildman–Crippen LogP) is 2.71. The van der Waals surface area contributed by atoms with E-state index in [2.05, 4.69) is 10.9 Å². The Bertz CT molecular complexity index is 545. The van der Waals surface area contributed by atoms with Gasteiger partial charge in [0.15, 0.2) is 0 Å². The molecule has 0 radical (unpaired) electrons. The standard InChI is InChI=1S/C19H31N3O2/c1-12-9-13(2)17(14(3)10-12)21-22-19(24)18(23)16(20)11-15-7-5-4-6-8-15/h9-10,15-16,18,21,23H,4-8,11,20H2,1-3H3,(H,22,24). The summed E-state index contributed by atoms with van der Waals surface area (Å²) in [6.07, 6.45) is 5.57. The molecular formula is C19H31N3O2. The summed E-state index contributed by atoms with van der Waals surface area (Å²) in [6.45, 7) is 6.01. The monoisotopic (exact) mass is 333 g/mol. The zero-order valence-electron chi connectivity index (χ0n) is 15.1. The number of carbonyl (C=O) groups is 1. The quantitative estimate of drug-likeness (QED) is 0.603. The van der Waals surface area contributed by atoms with E-state index < -0.39 is 18.1 Å². The van der Waals surface area contributed by atoms with Gasteiger partial charge in [0.05, 0.1) is 5.69 Å². The summed E-state index contributed by atoms with van der Waals surface area (Å²) in [5, 5.41) is 10.2. The second-order valence-electron chi connectivity index (χ2n) is 7.24. The molecule has 1 fully saturated rings. The van der Waals surface area contributed by atoms with Crippen molar-refractivity contribution in [3.05, 3.63) is 28.8 Å². The Hall–Kier alpha value is -1.59. The number of aryl methyl sites for hydroxylation is 3. The summed E-state index contributed by atoms with van der Waals surface area (Å²) in [7, 11) is 0. The lowest BCUT2D eigenvalue weighted by Gasteiger charge is -2.26. The molecule has 5 nitrogen and oxygen atoms in total. The van der Waals surface area contributed by atoms with E-state index in [9.17, 15) is 9.90 Å². The van der Waals surface area contributed by atoms with E-state index in [-0.39, 0.29) is 0 Å². The summed E-state index contributed by atoms with van der Waals surface area (Å²) in [4.78, 5) is 12.2. The Morgan fingerprint density at radius 1 is 1.21 bits per heavy atom. The minimum absolute atomic E-state index is 0.474. The highest BCUT2D eigenvalue weighted by molar-refractivity contribution is 5.82. The summed E-state index contributed by atoms with van der Waals surface area (Å²) < 4.78 is 0. The van der Waals surface area contributed by atoms with Crippen LogP contribution in [0.5, 0.6) is 0 Å². The number of nitrogens with two attached hydrogens (primary N) is 1. The topological polar surface area (TPSA) is 87.4 Å². The first-order valence-corrected chi connectivity index (χ1v) is 8.96. The first-order valence-electron chi connectivity index (χ1n) is 8.96. The second kappa shape index (κ2) is 8.49. The van der Waals surface area contributed by atoms with Gasteiger partial charge >= 0.3 is 0 Å². The van der Waals surface area contributed by atoms with Crippen LogP contribution in [-0.4, -0.2) is 23.2 Å². The third-order valence-electron chi connectivity index (χ3n) is 4.99. The van der Waals surface area contributed by atoms with Crippen molar-refractivity contribution in [1.29, 1.82) is 0 Å². The highest BCUT2D eigenvalue weighted by atomic mass is 16.3. The molecule has 1 aromatic carbocycles. The lowest BCUT2D eigenvalue weighted by Crippen LogP contribution is -2.48. The van der Waals surface area contributed by atoms with Gasteiger partial charge in [-0.2, -0.15) is 0 Å². The van der Waals surface area contributed by atoms with Crippen LogP contribution in [0, 0.1) is 26.7 Å². The zero-order valence-corrected chi connectivity index (χ0v) is 15.1.